The van der Waals surface area contributed by atoms with Crippen molar-refractivity contribution in [3.05, 3.63) is 18.0 Å². The molecule has 1 atom stereocenters. The number of rotatable bonds is 5. The lowest BCUT2D eigenvalue weighted by Gasteiger charge is -2.12. The van der Waals surface area contributed by atoms with Crippen LogP contribution in [0.2, 0.25) is 0 Å². The third-order valence-electron chi connectivity index (χ3n) is 1.98. The lowest BCUT2D eigenvalue weighted by atomic mass is 10.1. The van der Waals surface area contributed by atoms with Crippen molar-refractivity contribution in [3.63, 3.8) is 0 Å². The van der Waals surface area contributed by atoms with Crippen LogP contribution in [0.3, 0.4) is 0 Å². The Morgan fingerprint density at radius 3 is 2.81 bits per heavy atom. The van der Waals surface area contributed by atoms with Crippen LogP contribution in [0.5, 0.6) is 0 Å². The van der Waals surface area contributed by atoms with Gasteiger partial charge in [0, 0.05) is 31.8 Å². The van der Waals surface area contributed by atoms with Crippen molar-refractivity contribution in [2.75, 3.05) is 6.54 Å². The molecular formula is C9H14N4O3. The number of carboxylic acid groups (broad SMARTS) is 1. The number of aromatic nitrogens is 2. The Hall–Kier alpha value is -1.89. The Bertz CT molecular complexity index is 388. The Labute approximate surface area is 92.2 Å². The van der Waals surface area contributed by atoms with Crippen LogP contribution in [0.15, 0.2) is 12.4 Å². The molecule has 0 aliphatic carbocycles. The van der Waals surface area contributed by atoms with Gasteiger partial charge in [-0.1, -0.05) is 0 Å². The van der Waals surface area contributed by atoms with E-state index in [0.717, 1.165) is 0 Å². The molecule has 0 saturated carbocycles. The largest absolute Gasteiger partial charge is 0.479 e. The average Bonchev–Trinajstić information content (AvgIpc) is 2.61. The van der Waals surface area contributed by atoms with Crippen molar-refractivity contribution in [2.24, 2.45) is 12.8 Å². The van der Waals surface area contributed by atoms with Gasteiger partial charge >= 0.3 is 5.97 Å². The average molecular weight is 226 g/mol. The van der Waals surface area contributed by atoms with Crippen LogP contribution in [0.25, 0.3) is 0 Å². The second-order valence-electron chi connectivity index (χ2n) is 3.32. The van der Waals surface area contributed by atoms with E-state index in [1.54, 1.807) is 13.2 Å². The maximum Gasteiger partial charge on any atom is 0.331 e. The molecule has 0 fully saturated rings. The summed E-state index contributed by atoms with van der Waals surface area (Å²) in [7, 11) is 1.67. The first-order chi connectivity index (χ1) is 7.54. The summed E-state index contributed by atoms with van der Waals surface area (Å²) >= 11 is 0. The molecule has 7 nitrogen and oxygen atoms in total. The van der Waals surface area contributed by atoms with Crippen molar-refractivity contribution < 1.29 is 14.7 Å². The molecule has 1 unspecified atom stereocenters. The lowest BCUT2D eigenvalue weighted by Crippen LogP contribution is -2.34. The van der Waals surface area contributed by atoms with Crippen molar-refractivity contribution in [3.8, 4) is 0 Å². The van der Waals surface area contributed by atoms with E-state index in [-0.39, 0.29) is 13.0 Å². The minimum absolute atomic E-state index is 0.101. The number of aliphatic carboxylic acids is 1. The first-order valence-electron chi connectivity index (χ1n) is 4.75. The fourth-order valence-corrected chi connectivity index (χ4v) is 1.24. The number of nitrogens with one attached hydrogen (secondary N) is 1. The number of aryl methyl sites for hydroxylation is 1. The van der Waals surface area contributed by atoms with Gasteiger partial charge in [-0.05, 0) is 0 Å². The number of carboxylic acids is 1. The van der Waals surface area contributed by atoms with Gasteiger partial charge in [0.15, 0.2) is 6.04 Å². The normalized spacial score (nSPS) is 12.1. The topological polar surface area (TPSA) is 110 Å². The first kappa shape index (κ1) is 12.2. The van der Waals surface area contributed by atoms with Crippen molar-refractivity contribution >= 4 is 11.9 Å². The molecule has 88 valence electrons. The highest BCUT2D eigenvalue weighted by atomic mass is 16.4. The highest BCUT2D eigenvalue weighted by molar-refractivity contribution is 5.84. The van der Waals surface area contributed by atoms with Gasteiger partial charge in [-0.15, -0.1) is 0 Å². The van der Waals surface area contributed by atoms with Crippen LogP contribution in [0.1, 0.15) is 18.0 Å². The van der Waals surface area contributed by atoms with Gasteiger partial charge in [0.05, 0.1) is 6.20 Å². The second kappa shape index (κ2) is 5.26. The second-order valence-corrected chi connectivity index (χ2v) is 3.32. The molecular weight excluding hydrogens is 212 g/mol. The Morgan fingerprint density at radius 1 is 1.69 bits per heavy atom. The van der Waals surface area contributed by atoms with Gasteiger partial charge in [0.25, 0.3) is 0 Å². The summed E-state index contributed by atoms with van der Waals surface area (Å²) < 4.78 is 1.47. The van der Waals surface area contributed by atoms with E-state index in [1.807, 2.05) is 0 Å². The predicted octanol–water partition coefficient (Wildman–Crippen LogP) is -0.989. The maximum absolute atomic E-state index is 11.3. The smallest absolute Gasteiger partial charge is 0.331 e. The van der Waals surface area contributed by atoms with E-state index in [0.29, 0.717) is 5.56 Å². The molecule has 0 aliphatic rings. The Morgan fingerprint density at radius 2 is 2.38 bits per heavy atom. The molecule has 1 aromatic rings. The number of amides is 1. The third kappa shape index (κ3) is 3.06. The van der Waals surface area contributed by atoms with Gasteiger partial charge < -0.3 is 16.2 Å². The van der Waals surface area contributed by atoms with Crippen LogP contribution in [-0.4, -0.2) is 33.3 Å². The summed E-state index contributed by atoms with van der Waals surface area (Å²) in [6.07, 6.45) is 3.05. The van der Waals surface area contributed by atoms with Crippen molar-refractivity contribution in [1.29, 1.82) is 0 Å². The number of carbonyl (C=O) groups excluding carboxylic acids is 1. The highest BCUT2D eigenvalue weighted by Gasteiger charge is 2.22. The van der Waals surface area contributed by atoms with Crippen LogP contribution in [0.4, 0.5) is 0 Å². The van der Waals surface area contributed by atoms with Gasteiger partial charge in [-0.2, -0.15) is 5.10 Å². The SMILES string of the molecule is Cn1cc(C(NC(=O)CCN)C(=O)O)cn1. The number of hydrogen-bond acceptors (Lipinski definition) is 4. The zero-order chi connectivity index (χ0) is 12.1. The lowest BCUT2D eigenvalue weighted by molar-refractivity contribution is -0.142. The summed E-state index contributed by atoms with van der Waals surface area (Å²) in [6.45, 7) is 0.186. The molecule has 16 heavy (non-hydrogen) atoms. The maximum atomic E-state index is 11.3. The summed E-state index contributed by atoms with van der Waals surface area (Å²) in [4.78, 5) is 22.2. The van der Waals surface area contributed by atoms with Gasteiger partial charge in [0.2, 0.25) is 5.91 Å². The molecule has 4 N–H and O–H groups in total. The van der Waals surface area contributed by atoms with Gasteiger partial charge in [-0.25, -0.2) is 4.79 Å². The Kier molecular flexibility index (Phi) is 4.01. The quantitative estimate of drug-likeness (QED) is 0.597. The molecule has 1 rings (SSSR count). The van der Waals surface area contributed by atoms with Crippen LogP contribution >= 0.6 is 0 Å². The van der Waals surface area contributed by atoms with E-state index in [9.17, 15) is 9.59 Å². The minimum atomic E-state index is -1.13. The summed E-state index contributed by atoms with van der Waals surface area (Å²) in [5, 5.41) is 15.2. The highest BCUT2D eigenvalue weighted by Crippen LogP contribution is 2.11. The first-order valence-corrected chi connectivity index (χ1v) is 4.75. The molecule has 0 bridgehead atoms. The molecule has 0 aliphatic heterocycles. The molecule has 1 heterocycles. The molecule has 0 aromatic carbocycles. The van der Waals surface area contributed by atoms with E-state index in [2.05, 4.69) is 10.4 Å². The number of carbonyl (C=O) groups is 2. The van der Waals surface area contributed by atoms with Gasteiger partial charge in [0.1, 0.15) is 0 Å². The third-order valence-corrected chi connectivity index (χ3v) is 1.98. The van der Waals surface area contributed by atoms with Crippen LogP contribution in [-0.2, 0) is 16.6 Å². The molecule has 0 radical (unpaired) electrons. The number of nitrogens with zero attached hydrogens (tertiary/aromatic N) is 2. The number of nitrogens with two attached hydrogens (primary N) is 1. The van der Waals surface area contributed by atoms with E-state index >= 15 is 0 Å². The zero-order valence-corrected chi connectivity index (χ0v) is 8.88. The van der Waals surface area contributed by atoms with E-state index in [1.165, 1.54) is 10.9 Å². The number of hydrogen-bond donors (Lipinski definition) is 3. The molecule has 7 heteroatoms. The van der Waals surface area contributed by atoms with Crippen molar-refractivity contribution in [1.82, 2.24) is 15.1 Å². The molecule has 0 saturated heterocycles. The summed E-state index contributed by atoms with van der Waals surface area (Å²) in [5.74, 6) is -1.52. The van der Waals surface area contributed by atoms with Crippen molar-refractivity contribution in [2.45, 2.75) is 12.5 Å². The molecule has 1 amide bonds. The van der Waals surface area contributed by atoms with Gasteiger partial charge in [-0.3, -0.25) is 9.48 Å². The summed E-state index contributed by atoms with van der Waals surface area (Å²) in [6, 6.07) is -1.08. The molecule has 1 aromatic heterocycles. The van der Waals surface area contributed by atoms with Crippen LogP contribution in [0, 0.1) is 0 Å². The predicted molar refractivity (Wildman–Crippen MR) is 55.4 cm³/mol. The fraction of sp³-hybridized carbons (Fsp3) is 0.444. The van der Waals surface area contributed by atoms with E-state index < -0.39 is 17.9 Å². The monoisotopic (exact) mass is 226 g/mol. The summed E-state index contributed by atoms with van der Waals surface area (Å²) in [5.41, 5.74) is 5.63. The minimum Gasteiger partial charge on any atom is -0.479 e. The Balaban J connectivity index is 2.76. The zero-order valence-electron chi connectivity index (χ0n) is 8.88. The molecule has 0 spiro atoms. The van der Waals surface area contributed by atoms with E-state index in [4.69, 9.17) is 10.8 Å². The van der Waals surface area contributed by atoms with Crippen LogP contribution < -0.4 is 11.1 Å². The standard InChI is InChI=1S/C9H14N4O3/c1-13-5-6(4-11-13)8(9(15)16)12-7(14)2-3-10/h4-5,8H,2-3,10H2,1H3,(H,12,14)(H,15,16). The fourth-order valence-electron chi connectivity index (χ4n) is 1.24.